The third-order valence-electron chi connectivity index (χ3n) is 3.87. The van der Waals surface area contributed by atoms with Crippen LogP contribution in [0, 0.1) is 0 Å². The lowest BCUT2D eigenvalue weighted by molar-refractivity contribution is 0.0263. The number of nitrogens with one attached hydrogen (secondary N) is 1. The van der Waals surface area contributed by atoms with E-state index in [9.17, 15) is 0 Å². The van der Waals surface area contributed by atoms with E-state index in [0.29, 0.717) is 24.4 Å². The molecule has 0 spiro atoms. The van der Waals surface area contributed by atoms with Gasteiger partial charge in [0.1, 0.15) is 0 Å². The van der Waals surface area contributed by atoms with Gasteiger partial charge in [-0.3, -0.25) is 4.99 Å². The molecule has 0 atom stereocenters. The molecule has 2 heterocycles. The number of hydrogen-bond donors (Lipinski definition) is 1. The summed E-state index contributed by atoms with van der Waals surface area (Å²) >= 11 is 0. The van der Waals surface area contributed by atoms with Gasteiger partial charge in [-0.1, -0.05) is 25.9 Å². The van der Waals surface area contributed by atoms with Crippen molar-refractivity contribution in [3.8, 4) is 0 Å². The first kappa shape index (κ1) is 17.7. The average molecular weight is 323 g/mol. The fourth-order valence-corrected chi connectivity index (χ4v) is 2.59. The molecule has 7 heteroatoms. The van der Waals surface area contributed by atoms with Crippen LogP contribution in [-0.4, -0.2) is 53.8 Å². The van der Waals surface area contributed by atoms with Crippen molar-refractivity contribution in [2.75, 3.05) is 26.7 Å². The number of aliphatic imine (C=N–C) groups is 1. The fourth-order valence-electron chi connectivity index (χ4n) is 2.59. The Kier molecular flexibility index (Phi) is 5.98. The molecule has 1 aromatic rings. The minimum Gasteiger partial charge on any atom is -0.378 e. The summed E-state index contributed by atoms with van der Waals surface area (Å²) in [7, 11) is 1.80. The van der Waals surface area contributed by atoms with E-state index in [1.54, 1.807) is 7.05 Å². The molecule has 1 aliphatic rings. The van der Waals surface area contributed by atoms with Crippen LogP contribution in [0.5, 0.6) is 0 Å². The summed E-state index contributed by atoms with van der Waals surface area (Å²) in [6.45, 7) is 11.4. The minimum absolute atomic E-state index is 0.131. The smallest absolute Gasteiger partial charge is 0.232 e. The third-order valence-corrected chi connectivity index (χ3v) is 3.87. The summed E-state index contributed by atoms with van der Waals surface area (Å²) in [5, 5.41) is 7.35. The number of piperidine rings is 1. The highest BCUT2D eigenvalue weighted by molar-refractivity contribution is 5.79. The zero-order valence-corrected chi connectivity index (χ0v) is 14.9. The van der Waals surface area contributed by atoms with E-state index in [1.165, 1.54) is 0 Å². The van der Waals surface area contributed by atoms with Gasteiger partial charge in [0.05, 0.1) is 12.6 Å². The van der Waals surface area contributed by atoms with E-state index in [0.717, 1.165) is 38.5 Å². The summed E-state index contributed by atoms with van der Waals surface area (Å²) < 4.78 is 11.0. The van der Waals surface area contributed by atoms with Gasteiger partial charge in [0, 0.05) is 32.2 Å². The molecule has 23 heavy (non-hydrogen) atoms. The van der Waals surface area contributed by atoms with Gasteiger partial charge in [0.15, 0.2) is 11.8 Å². The van der Waals surface area contributed by atoms with E-state index in [1.807, 2.05) is 6.92 Å². The standard InChI is InChI=1S/C16H29N5O2/c1-6-22-12-7-9-21(10-8-12)15(17-5)18-11-13-19-14(23-20-13)16(2,3)4/h12H,6-11H2,1-5H3,(H,17,18). The first-order valence-corrected chi connectivity index (χ1v) is 8.34. The molecule has 1 saturated heterocycles. The van der Waals surface area contributed by atoms with E-state index in [-0.39, 0.29) is 5.41 Å². The number of likely N-dealkylation sites (tertiary alicyclic amines) is 1. The number of guanidine groups is 1. The second-order valence-corrected chi connectivity index (χ2v) is 6.81. The van der Waals surface area contributed by atoms with Crippen molar-refractivity contribution in [2.45, 2.75) is 58.6 Å². The predicted molar refractivity (Wildman–Crippen MR) is 89.4 cm³/mol. The maximum Gasteiger partial charge on any atom is 0.232 e. The Morgan fingerprint density at radius 1 is 1.39 bits per heavy atom. The molecule has 0 bridgehead atoms. The predicted octanol–water partition coefficient (Wildman–Crippen LogP) is 1.94. The molecule has 130 valence electrons. The van der Waals surface area contributed by atoms with Gasteiger partial charge in [-0.2, -0.15) is 4.98 Å². The quantitative estimate of drug-likeness (QED) is 0.674. The zero-order valence-electron chi connectivity index (χ0n) is 14.9. The van der Waals surface area contributed by atoms with Crippen molar-refractivity contribution in [1.82, 2.24) is 20.4 Å². The Bertz CT molecular complexity index is 513. The van der Waals surface area contributed by atoms with Crippen LogP contribution in [0.4, 0.5) is 0 Å². The van der Waals surface area contributed by atoms with Crippen LogP contribution in [0.3, 0.4) is 0 Å². The average Bonchev–Trinajstić information content (AvgIpc) is 2.99. The molecule has 1 aliphatic heterocycles. The van der Waals surface area contributed by atoms with E-state index in [2.05, 4.69) is 46.1 Å². The minimum atomic E-state index is -0.131. The molecule has 1 fully saturated rings. The normalized spacial score (nSPS) is 17.6. The summed E-state index contributed by atoms with van der Waals surface area (Å²) in [6, 6.07) is 0. The Hall–Kier alpha value is -1.63. The maximum atomic E-state index is 5.69. The molecule has 0 saturated carbocycles. The van der Waals surface area contributed by atoms with E-state index in [4.69, 9.17) is 9.26 Å². The van der Waals surface area contributed by atoms with Crippen LogP contribution in [-0.2, 0) is 16.7 Å². The number of hydrogen-bond acceptors (Lipinski definition) is 5. The second kappa shape index (κ2) is 7.77. The molecule has 0 aliphatic carbocycles. The first-order chi connectivity index (χ1) is 10.9. The lowest BCUT2D eigenvalue weighted by atomic mass is 9.97. The summed E-state index contributed by atoms with van der Waals surface area (Å²) in [5.74, 6) is 2.18. The lowest BCUT2D eigenvalue weighted by Crippen LogP contribution is -2.46. The Labute approximate surface area is 138 Å². The molecular weight excluding hydrogens is 294 g/mol. The highest BCUT2D eigenvalue weighted by atomic mass is 16.5. The first-order valence-electron chi connectivity index (χ1n) is 8.34. The van der Waals surface area contributed by atoms with Crippen molar-refractivity contribution in [1.29, 1.82) is 0 Å². The molecular formula is C16H29N5O2. The second-order valence-electron chi connectivity index (χ2n) is 6.81. The Balaban J connectivity index is 1.85. The highest BCUT2D eigenvalue weighted by Crippen LogP contribution is 2.19. The van der Waals surface area contributed by atoms with Crippen LogP contribution in [0.1, 0.15) is 52.3 Å². The van der Waals surface area contributed by atoms with Crippen molar-refractivity contribution >= 4 is 5.96 Å². The molecule has 1 aromatic heterocycles. The van der Waals surface area contributed by atoms with Crippen molar-refractivity contribution < 1.29 is 9.26 Å². The van der Waals surface area contributed by atoms with Gasteiger partial charge < -0.3 is 19.5 Å². The van der Waals surface area contributed by atoms with Gasteiger partial charge in [0.2, 0.25) is 5.89 Å². The summed E-state index contributed by atoms with van der Waals surface area (Å²) in [6.07, 6.45) is 2.44. The molecule has 0 amide bonds. The zero-order chi connectivity index (χ0) is 16.9. The molecule has 1 N–H and O–H groups in total. The third kappa shape index (κ3) is 4.92. The monoisotopic (exact) mass is 323 g/mol. The largest absolute Gasteiger partial charge is 0.378 e. The Morgan fingerprint density at radius 2 is 2.09 bits per heavy atom. The summed E-state index contributed by atoms with van der Waals surface area (Å²) in [4.78, 5) is 11.0. The molecule has 2 rings (SSSR count). The van der Waals surface area contributed by atoms with E-state index < -0.39 is 0 Å². The summed E-state index contributed by atoms with van der Waals surface area (Å²) in [5.41, 5.74) is -0.131. The van der Waals surface area contributed by atoms with Crippen LogP contribution >= 0.6 is 0 Å². The van der Waals surface area contributed by atoms with Crippen LogP contribution in [0.25, 0.3) is 0 Å². The fraction of sp³-hybridized carbons (Fsp3) is 0.812. The van der Waals surface area contributed by atoms with Crippen molar-refractivity contribution in [2.24, 2.45) is 4.99 Å². The van der Waals surface area contributed by atoms with Crippen molar-refractivity contribution in [3.05, 3.63) is 11.7 Å². The molecule has 0 radical (unpaired) electrons. The molecule has 7 nitrogen and oxygen atoms in total. The number of rotatable bonds is 4. The van der Waals surface area contributed by atoms with Gasteiger partial charge in [0.25, 0.3) is 0 Å². The SMILES string of the molecule is CCOC1CCN(C(=NC)NCc2noc(C(C)(C)C)n2)CC1. The van der Waals surface area contributed by atoms with Gasteiger partial charge in [-0.05, 0) is 19.8 Å². The van der Waals surface area contributed by atoms with Crippen LogP contribution in [0.2, 0.25) is 0 Å². The maximum absolute atomic E-state index is 5.69. The van der Waals surface area contributed by atoms with Crippen LogP contribution in [0.15, 0.2) is 9.52 Å². The lowest BCUT2D eigenvalue weighted by Gasteiger charge is -2.33. The number of ether oxygens (including phenoxy) is 1. The van der Waals surface area contributed by atoms with Gasteiger partial charge in [-0.15, -0.1) is 0 Å². The number of aromatic nitrogens is 2. The Morgan fingerprint density at radius 3 is 2.61 bits per heavy atom. The number of nitrogens with zero attached hydrogens (tertiary/aromatic N) is 4. The molecule has 0 aromatic carbocycles. The highest BCUT2D eigenvalue weighted by Gasteiger charge is 2.23. The topological polar surface area (TPSA) is 75.8 Å². The van der Waals surface area contributed by atoms with Gasteiger partial charge >= 0.3 is 0 Å². The van der Waals surface area contributed by atoms with E-state index >= 15 is 0 Å². The molecule has 0 unspecified atom stereocenters. The van der Waals surface area contributed by atoms with Crippen LogP contribution < -0.4 is 5.32 Å². The van der Waals surface area contributed by atoms with Gasteiger partial charge in [-0.25, -0.2) is 0 Å². The van der Waals surface area contributed by atoms with Crippen molar-refractivity contribution in [3.63, 3.8) is 0 Å².